The Morgan fingerprint density at radius 1 is 1.38 bits per heavy atom. The van der Waals surface area contributed by atoms with E-state index in [1.54, 1.807) is 0 Å². The van der Waals surface area contributed by atoms with E-state index in [-0.39, 0.29) is 4.90 Å². The first-order valence-corrected chi connectivity index (χ1v) is 5.76. The Morgan fingerprint density at radius 2 is 1.92 bits per heavy atom. The molecule has 0 aliphatic rings. The Balaban J connectivity index is 3.01. The van der Waals surface area contributed by atoms with Crippen molar-refractivity contribution in [3.8, 4) is 0 Å². The van der Waals surface area contributed by atoms with Crippen molar-refractivity contribution in [2.24, 2.45) is 0 Å². The maximum Gasteiger partial charge on any atom is 0.211 e. The van der Waals surface area contributed by atoms with E-state index in [4.69, 9.17) is 4.55 Å². The second-order valence-electron chi connectivity index (χ2n) is 2.26. The minimum Gasteiger partial charge on any atom is -0.329 e. The van der Waals surface area contributed by atoms with Crippen molar-refractivity contribution in [2.75, 3.05) is 5.32 Å². The normalized spacial score (nSPS) is 14.5. The number of amides is 1. The quantitative estimate of drug-likeness (QED) is 0.736. The van der Waals surface area contributed by atoms with Crippen molar-refractivity contribution in [1.29, 1.82) is 0 Å². The molecule has 6 heteroatoms. The zero-order valence-electron chi connectivity index (χ0n) is 6.47. The van der Waals surface area contributed by atoms with Gasteiger partial charge in [0.15, 0.2) is 8.77 Å². The van der Waals surface area contributed by atoms with Crippen LogP contribution in [0.25, 0.3) is 0 Å². The molecule has 0 fully saturated rings. The van der Waals surface area contributed by atoms with Crippen molar-refractivity contribution in [1.82, 2.24) is 0 Å². The summed E-state index contributed by atoms with van der Waals surface area (Å²) in [5, 5.41) is 2.40. The minimum absolute atomic E-state index is 0.166. The van der Waals surface area contributed by atoms with E-state index < -0.39 is 8.77 Å². The van der Waals surface area contributed by atoms with Gasteiger partial charge in [0.2, 0.25) is 6.41 Å². The molecule has 0 spiro atoms. The van der Waals surface area contributed by atoms with Gasteiger partial charge in [0.25, 0.3) is 0 Å². The summed E-state index contributed by atoms with van der Waals surface area (Å²) in [6.45, 7) is 0. The van der Waals surface area contributed by atoms with Gasteiger partial charge in [-0.1, -0.05) is 0 Å². The summed E-state index contributed by atoms with van der Waals surface area (Å²) in [6, 6.07) is 5.82. The van der Waals surface area contributed by atoms with Crippen molar-refractivity contribution < 1.29 is 13.6 Å². The SMILES string of the molecule is O=CNc1ccc(S(=O)(O)=S)cc1. The summed E-state index contributed by atoms with van der Waals surface area (Å²) in [7, 11) is -3.32. The van der Waals surface area contributed by atoms with Gasteiger partial charge < -0.3 is 9.87 Å². The molecule has 70 valence electrons. The highest BCUT2D eigenvalue weighted by Gasteiger charge is 2.03. The lowest BCUT2D eigenvalue weighted by atomic mass is 10.3. The van der Waals surface area contributed by atoms with Crippen LogP contribution >= 0.6 is 0 Å². The first kappa shape index (κ1) is 10.1. The molecule has 0 bridgehead atoms. The van der Waals surface area contributed by atoms with Crippen LogP contribution in [-0.4, -0.2) is 15.2 Å². The standard InChI is InChI=1S/C7H7NO3S2/c9-5-8-6-1-3-7(4-2-6)13(10,11)12/h1-5H,(H,8,9)(H,10,11,12). The van der Waals surface area contributed by atoms with E-state index in [1.165, 1.54) is 24.3 Å². The fraction of sp³-hybridized carbons (Fsp3) is 0. The topological polar surface area (TPSA) is 66.4 Å². The molecule has 1 aromatic carbocycles. The average Bonchev–Trinajstić information content (AvgIpc) is 2.04. The molecule has 1 unspecified atom stereocenters. The fourth-order valence-corrected chi connectivity index (χ4v) is 1.60. The molecule has 2 N–H and O–H groups in total. The molecule has 0 aromatic heterocycles. The molecule has 1 rings (SSSR count). The number of benzene rings is 1. The lowest BCUT2D eigenvalue weighted by Gasteiger charge is -2.01. The molecular weight excluding hydrogens is 210 g/mol. The van der Waals surface area contributed by atoms with Gasteiger partial charge >= 0.3 is 0 Å². The molecule has 0 saturated heterocycles. The summed E-state index contributed by atoms with van der Waals surface area (Å²) in [4.78, 5) is 10.2. The molecule has 13 heavy (non-hydrogen) atoms. The monoisotopic (exact) mass is 217 g/mol. The summed E-state index contributed by atoms with van der Waals surface area (Å²) in [5.74, 6) is 0. The predicted molar refractivity (Wildman–Crippen MR) is 52.5 cm³/mol. The largest absolute Gasteiger partial charge is 0.329 e. The van der Waals surface area contributed by atoms with Gasteiger partial charge in [0.05, 0.1) is 4.90 Å². The van der Waals surface area contributed by atoms with E-state index >= 15 is 0 Å². The minimum atomic E-state index is -3.32. The molecule has 0 radical (unpaired) electrons. The summed E-state index contributed by atoms with van der Waals surface area (Å²) in [6.07, 6.45) is 0.527. The molecule has 0 saturated carbocycles. The third-order valence-electron chi connectivity index (χ3n) is 1.38. The molecular formula is C7H7NO3S2. The molecule has 1 aromatic rings. The molecule has 1 atom stereocenters. The second kappa shape index (κ2) is 3.82. The summed E-state index contributed by atoms with van der Waals surface area (Å²) < 4.78 is 19.9. The Labute approximate surface area is 80.5 Å². The summed E-state index contributed by atoms with van der Waals surface area (Å²) in [5.41, 5.74) is 0.553. The summed E-state index contributed by atoms with van der Waals surface area (Å²) >= 11 is 4.35. The third-order valence-corrected chi connectivity index (χ3v) is 2.82. The number of nitrogens with one attached hydrogen (secondary N) is 1. The van der Waals surface area contributed by atoms with Gasteiger partial charge in [-0.3, -0.25) is 4.79 Å². The lowest BCUT2D eigenvalue weighted by molar-refractivity contribution is -0.105. The highest BCUT2D eigenvalue weighted by molar-refractivity contribution is 8.29. The van der Waals surface area contributed by atoms with Crippen LogP contribution in [0.4, 0.5) is 5.69 Å². The smallest absolute Gasteiger partial charge is 0.211 e. The van der Waals surface area contributed by atoms with Crippen molar-refractivity contribution >= 4 is 32.1 Å². The van der Waals surface area contributed by atoms with Crippen LogP contribution in [0.15, 0.2) is 29.2 Å². The number of hydrogen-bond acceptors (Lipinski definition) is 3. The second-order valence-corrected chi connectivity index (χ2v) is 5.04. The van der Waals surface area contributed by atoms with Crippen LogP contribution in [0.1, 0.15) is 0 Å². The number of rotatable bonds is 3. The van der Waals surface area contributed by atoms with E-state index in [0.717, 1.165) is 0 Å². The lowest BCUT2D eigenvalue weighted by Crippen LogP contribution is -1.97. The Bertz CT molecular complexity index is 396. The van der Waals surface area contributed by atoms with Crippen LogP contribution < -0.4 is 5.32 Å². The van der Waals surface area contributed by atoms with E-state index in [9.17, 15) is 9.00 Å². The van der Waals surface area contributed by atoms with Crippen molar-refractivity contribution in [3.63, 3.8) is 0 Å². The van der Waals surface area contributed by atoms with Gasteiger partial charge in [-0.25, -0.2) is 4.21 Å². The number of anilines is 1. The number of carbonyl (C=O) groups excluding carboxylic acids is 1. The van der Waals surface area contributed by atoms with Gasteiger partial charge in [0, 0.05) is 16.9 Å². The molecule has 0 aliphatic heterocycles. The molecule has 4 nitrogen and oxygen atoms in total. The average molecular weight is 217 g/mol. The van der Waals surface area contributed by atoms with Crippen LogP contribution in [-0.2, 0) is 24.8 Å². The first-order valence-electron chi connectivity index (χ1n) is 3.32. The van der Waals surface area contributed by atoms with Crippen molar-refractivity contribution in [3.05, 3.63) is 24.3 Å². The highest BCUT2D eigenvalue weighted by atomic mass is 32.8. The van der Waals surface area contributed by atoms with E-state index in [2.05, 4.69) is 16.5 Å². The maximum atomic E-state index is 10.9. The van der Waals surface area contributed by atoms with Crippen LogP contribution in [0.5, 0.6) is 0 Å². The molecule has 0 heterocycles. The van der Waals surface area contributed by atoms with Crippen LogP contribution in [0.3, 0.4) is 0 Å². The number of hydrogen-bond donors (Lipinski definition) is 2. The van der Waals surface area contributed by atoms with Crippen LogP contribution in [0, 0.1) is 0 Å². The van der Waals surface area contributed by atoms with Gasteiger partial charge in [-0.15, -0.1) is 0 Å². The van der Waals surface area contributed by atoms with Gasteiger partial charge in [-0.2, -0.15) is 0 Å². The number of carbonyl (C=O) groups is 1. The first-order chi connectivity index (χ1) is 6.04. The Morgan fingerprint density at radius 3 is 2.31 bits per heavy atom. The fourth-order valence-electron chi connectivity index (χ4n) is 0.791. The van der Waals surface area contributed by atoms with E-state index in [1.807, 2.05) is 0 Å². The van der Waals surface area contributed by atoms with Crippen molar-refractivity contribution in [2.45, 2.75) is 4.90 Å². The third kappa shape index (κ3) is 2.76. The zero-order chi connectivity index (χ0) is 9.90. The maximum absolute atomic E-state index is 10.9. The molecule has 1 amide bonds. The Kier molecular flexibility index (Phi) is 2.97. The zero-order valence-corrected chi connectivity index (χ0v) is 8.10. The molecule has 0 aliphatic carbocycles. The van der Waals surface area contributed by atoms with Gasteiger partial charge in [0.1, 0.15) is 0 Å². The highest BCUT2D eigenvalue weighted by Crippen LogP contribution is 2.12. The van der Waals surface area contributed by atoms with Gasteiger partial charge in [-0.05, 0) is 24.3 Å². The predicted octanol–water partition coefficient (Wildman–Crippen LogP) is 0.833. The Hall–Kier alpha value is -0.980. The van der Waals surface area contributed by atoms with Crippen LogP contribution in [0.2, 0.25) is 0 Å². The van der Waals surface area contributed by atoms with E-state index in [0.29, 0.717) is 12.1 Å².